The molecule has 0 radical (unpaired) electrons. The van der Waals surface area contributed by atoms with Gasteiger partial charge in [-0.25, -0.2) is 0 Å². The number of hydrogen-bond acceptors (Lipinski definition) is 5. The number of aryl methyl sites for hydroxylation is 1. The molecular formula is C16H20ClN3O2S. The largest absolute Gasteiger partial charge is 0.493 e. The van der Waals surface area contributed by atoms with Crippen LogP contribution in [0.3, 0.4) is 0 Å². The van der Waals surface area contributed by atoms with Gasteiger partial charge in [-0.15, -0.1) is 10.2 Å². The molecule has 5 nitrogen and oxygen atoms in total. The molecule has 1 aromatic heterocycles. The molecule has 0 saturated carbocycles. The Morgan fingerprint density at radius 2 is 2.17 bits per heavy atom. The molecule has 7 heteroatoms. The van der Waals surface area contributed by atoms with Crippen molar-refractivity contribution in [3.63, 3.8) is 0 Å². The van der Waals surface area contributed by atoms with Gasteiger partial charge in [-0.2, -0.15) is 0 Å². The third-order valence-electron chi connectivity index (χ3n) is 3.12. The number of nitrogens with one attached hydrogen (secondary N) is 1. The molecule has 0 aliphatic rings. The van der Waals surface area contributed by atoms with Gasteiger partial charge in [0.25, 0.3) is 0 Å². The van der Waals surface area contributed by atoms with Crippen molar-refractivity contribution in [1.29, 1.82) is 0 Å². The molecule has 0 aliphatic carbocycles. The summed E-state index contributed by atoms with van der Waals surface area (Å²) in [6.07, 6.45) is 1.01. The molecular weight excluding hydrogens is 334 g/mol. The number of benzene rings is 1. The first-order chi connectivity index (χ1) is 11.0. The van der Waals surface area contributed by atoms with Crippen molar-refractivity contribution in [2.45, 2.75) is 39.5 Å². The van der Waals surface area contributed by atoms with Gasteiger partial charge in [-0.3, -0.25) is 4.79 Å². The molecule has 0 bridgehead atoms. The molecule has 23 heavy (non-hydrogen) atoms. The quantitative estimate of drug-likeness (QED) is 0.748. The SMILES string of the molecule is Cc1cc(Cl)ccc1OCCCC(=O)Nc1nnc(C(C)C)s1. The number of anilines is 1. The van der Waals surface area contributed by atoms with Gasteiger partial charge in [0, 0.05) is 17.4 Å². The van der Waals surface area contributed by atoms with Crippen molar-refractivity contribution in [2.24, 2.45) is 0 Å². The van der Waals surface area contributed by atoms with Gasteiger partial charge in [-0.05, 0) is 37.1 Å². The molecule has 0 fully saturated rings. The van der Waals surface area contributed by atoms with Crippen molar-refractivity contribution < 1.29 is 9.53 Å². The average molecular weight is 354 g/mol. The molecule has 1 heterocycles. The normalized spacial score (nSPS) is 10.8. The number of rotatable bonds is 7. The van der Waals surface area contributed by atoms with Gasteiger partial charge in [0.1, 0.15) is 10.8 Å². The predicted octanol–water partition coefficient (Wildman–Crippen LogP) is 4.42. The van der Waals surface area contributed by atoms with Crippen LogP contribution in [0.1, 0.15) is 43.2 Å². The van der Waals surface area contributed by atoms with Crippen LogP contribution < -0.4 is 10.1 Å². The van der Waals surface area contributed by atoms with Crippen LogP contribution in [0.15, 0.2) is 18.2 Å². The molecule has 0 aliphatic heterocycles. The summed E-state index contributed by atoms with van der Waals surface area (Å²) < 4.78 is 5.66. The van der Waals surface area contributed by atoms with E-state index < -0.39 is 0 Å². The maximum absolute atomic E-state index is 11.9. The fourth-order valence-electron chi connectivity index (χ4n) is 1.89. The van der Waals surface area contributed by atoms with Gasteiger partial charge >= 0.3 is 0 Å². The third-order valence-corrected chi connectivity index (χ3v) is 4.50. The average Bonchev–Trinajstić information content (AvgIpc) is 2.94. The van der Waals surface area contributed by atoms with Gasteiger partial charge in [-0.1, -0.05) is 36.8 Å². The maximum Gasteiger partial charge on any atom is 0.226 e. The van der Waals surface area contributed by atoms with Crippen LogP contribution in [0.25, 0.3) is 0 Å². The lowest BCUT2D eigenvalue weighted by molar-refractivity contribution is -0.116. The van der Waals surface area contributed by atoms with E-state index in [-0.39, 0.29) is 5.91 Å². The Balaban J connectivity index is 1.72. The highest BCUT2D eigenvalue weighted by molar-refractivity contribution is 7.15. The minimum Gasteiger partial charge on any atom is -0.493 e. The second-order valence-corrected chi connectivity index (χ2v) is 6.96. The Kier molecular flexibility index (Phi) is 6.36. The Hall–Kier alpha value is -1.66. The van der Waals surface area contributed by atoms with Gasteiger partial charge in [0.15, 0.2) is 0 Å². The Morgan fingerprint density at radius 3 is 2.83 bits per heavy atom. The number of nitrogens with zero attached hydrogens (tertiary/aromatic N) is 2. The molecule has 0 spiro atoms. The van der Waals surface area contributed by atoms with E-state index >= 15 is 0 Å². The fourth-order valence-corrected chi connectivity index (χ4v) is 2.88. The second-order valence-electron chi connectivity index (χ2n) is 5.51. The Labute approximate surface area is 145 Å². The second kappa shape index (κ2) is 8.26. The van der Waals surface area contributed by atoms with Crippen LogP contribution in [-0.4, -0.2) is 22.7 Å². The van der Waals surface area contributed by atoms with Crippen LogP contribution in [0.2, 0.25) is 5.02 Å². The standard InChI is InChI=1S/C16H20ClN3O2S/c1-10(2)15-19-20-16(23-15)18-14(21)5-4-8-22-13-7-6-12(17)9-11(13)3/h6-7,9-10H,4-5,8H2,1-3H3,(H,18,20,21). The lowest BCUT2D eigenvalue weighted by Crippen LogP contribution is -2.12. The lowest BCUT2D eigenvalue weighted by Gasteiger charge is -2.09. The van der Waals surface area contributed by atoms with Crippen molar-refractivity contribution in [2.75, 3.05) is 11.9 Å². The Bertz CT molecular complexity index is 673. The molecule has 2 aromatic rings. The number of carbonyl (C=O) groups excluding carboxylic acids is 1. The number of halogens is 1. The van der Waals surface area contributed by atoms with E-state index in [1.54, 1.807) is 6.07 Å². The third kappa shape index (κ3) is 5.48. The molecule has 0 saturated heterocycles. The van der Waals surface area contributed by atoms with Crippen molar-refractivity contribution >= 4 is 34.0 Å². The predicted molar refractivity (Wildman–Crippen MR) is 93.5 cm³/mol. The summed E-state index contributed by atoms with van der Waals surface area (Å²) in [5.41, 5.74) is 0.983. The number of aromatic nitrogens is 2. The summed E-state index contributed by atoms with van der Waals surface area (Å²) in [5.74, 6) is 1.03. The fraction of sp³-hybridized carbons (Fsp3) is 0.438. The van der Waals surface area contributed by atoms with Gasteiger partial charge in [0.2, 0.25) is 11.0 Å². The summed E-state index contributed by atoms with van der Waals surface area (Å²) in [6, 6.07) is 5.48. The first kappa shape index (κ1) is 17.7. The zero-order valence-corrected chi connectivity index (χ0v) is 15.0. The van der Waals surface area contributed by atoms with E-state index in [9.17, 15) is 4.79 Å². The van der Waals surface area contributed by atoms with E-state index in [0.29, 0.717) is 35.5 Å². The van der Waals surface area contributed by atoms with E-state index in [2.05, 4.69) is 15.5 Å². The highest BCUT2D eigenvalue weighted by atomic mass is 35.5. The molecule has 0 unspecified atom stereocenters. The van der Waals surface area contributed by atoms with E-state index in [1.165, 1.54) is 11.3 Å². The number of amides is 1. The summed E-state index contributed by atoms with van der Waals surface area (Å²) in [6.45, 7) is 6.50. The minimum absolute atomic E-state index is 0.0760. The minimum atomic E-state index is -0.0760. The van der Waals surface area contributed by atoms with E-state index in [1.807, 2.05) is 32.9 Å². The lowest BCUT2D eigenvalue weighted by atomic mass is 10.2. The molecule has 1 aromatic carbocycles. The zero-order valence-electron chi connectivity index (χ0n) is 13.4. The van der Waals surface area contributed by atoms with E-state index in [0.717, 1.165) is 16.3 Å². The molecule has 2 rings (SSSR count). The Morgan fingerprint density at radius 1 is 1.39 bits per heavy atom. The van der Waals surface area contributed by atoms with Crippen LogP contribution in [0.5, 0.6) is 5.75 Å². The number of hydrogen-bond donors (Lipinski definition) is 1. The van der Waals surface area contributed by atoms with Crippen LogP contribution in [0.4, 0.5) is 5.13 Å². The van der Waals surface area contributed by atoms with Gasteiger partial charge < -0.3 is 10.1 Å². The number of ether oxygens (including phenoxy) is 1. The highest BCUT2D eigenvalue weighted by Crippen LogP contribution is 2.23. The van der Waals surface area contributed by atoms with Crippen molar-refractivity contribution in [3.05, 3.63) is 33.8 Å². The first-order valence-corrected chi connectivity index (χ1v) is 8.67. The number of carbonyl (C=O) groups is 1. The van der Waals surface area contributed by atoms with Crippen LogP contribution >= 0.6 is 22.9 Å². The molecule has 0 atom stereocenters. The van der Waals surface area contributed by atoms with Crippen molar-refractivity contribution in [1.82, 2.24) is 10.2 Å². The first-order valence-electron chi connectivity index (χ1n) is 7.48. The topological polar surface area (TPSA) is 64.1 Å². The van der Waals surface area contributed by atoms with Crippen molar-refractivity contribution in [3.8, 4) is 5.75 Å². The van der Waals surface area contributed by atoms with Crippen LogP contribution in [-0.2, 0) is 4.79 Å². The van der Waals surface area contributed by atoms with Gasteiger partial charge in [0.05, 0.1) is 6.61 Å². The summed E-state index contributed by atoms with van der Waals surface area (Å²) in [4.78, 5) is 11.9. The molecule has 124 valence electrons. The highest BCUT2D eigenvalue weighted by Gasteiger charge is 2.10. The smallest absolute Gasteiger partial charge is 0.226 e. The van der Waals surface area contributed by atoms with E-state index in [4.69, 9.17) is 16.3 Å². The summed E-state index contributed by atoms with van der Waals surface area (Å²) in [5, 5.41) is 12.9. The monoisotopic (exact) mass is 353 g/mol. The summed E-state index contributed by atoms with van der Waals surface area (Å²) in [7, 11) is 0. The summed E-state index contributed by atoms with van der Waals surface area (Å²) >= 11 is 7.31. The zero-order chi connectivity index (χ0) is 16.8. The maximum atomic E-state index is 11.9. The van der Waals surface area contributed by atoms with Crippen LogP contribution in [0, 0.1) is 6.92 Å². The molecule has 1 N–H and O–H groups in total. The molecule has 1 amide bonds.